The average Bonchev–Trinajstić information content (AvgIpc) is 2.71. The van der Waals surface area contributed by atoms with Gasteiger partial charge in [-0.15, -0.1) is 0 Å². The van der Waals surface area contributed by atoms with Crippen molar-refractivity contribution in [3.63, 3.8) is 0 Å². The summed E-state index contributed by atoms with van der Waals surface area (Å²) in [6, 6.07) is 15.2. The lowest BCUT2D eigenvalue weighted by molar-refractivity contribution is -0.147. The fraction of sp³-hybridized carbons (Fsp3) is 0.150. The molecule has 0 saturated carbocycles. The van der Waals surface area contributed by atoms with E-state index in [1.54, 1.807) is 30.3 Å². The summed E-state index contributed by atoms with van der Waals surface area (Å²) >= 11 is 0. The number of hydrogen-bond acceptors (Lipinski definition) is 6. The molecule has 0 aromatic heterocycles. The van der Waals surface area contributed by atoms with Crippen molar-refractivity contribution in [3.05, 3.63) is 76.7 Å². The van der Waals surface area contributed by atoms with Crippen LogP contribution < -0.4 is 10.0 Å². The highest BCUT2D eigenvalue weighted by molar-refractivity contribution is 7.92. The fourth-order valence-corrected chi connectivity index (χ4v) is 2.83. The van der Waals surface area contributed by atoms with Crippen molar-refractivity contribution in [1.29, 1.82) is 0 Å². The van der Waals surface area contributed by atoms with Crippen molar-refractivity contribution in [2.75, 3.05) is 13.2 Å². The molecule has 0 aliphatic heterocycles. The maximum atomic E-state index is 11.9. The molecule has 29 heavy (non-hydrogen) atoms. The first-order chi connectivity index (χ1) is 13.7. The molecule has 0 atom stereocenters. The van der Waals surface area contributed by atoms with Gasteiger partial charge < -0.3 is 4.74 Å². The number of sulfonamides is 1. The number of aryl methyl sites for hydroxylation is 1. The van der Waals surface area contributed by atoms with Gasteiger partial charge in [-0.1, -0.05) is 48.0 Å². The summed E-state index contributed by atoms with van der Waals surface area (Å²) in [5.41, 5.74) is 2.00. The van der Waals surface area contributed by atoms with Crippen LogP contribution in [-0.4, -0.2) is 39.4 Å². The minimum absolute atomic E-state index is 0.278. The van der Waals surface area contributed by atoms with Gasteiger partial charge in [-0.25, -0.2) is 13.1 Å². The Morgan fingerprint density at radius 3 is 2.31 bits per heavy atom. The zero-order valence-corrected chi connectivity index (χ0v) is 16.4. The van der Waals surface area contributed by atoms with Crippen molar-refractivity contribution in [1.82, 2.24) is 10.0 Å². The summed E-state index contributed by atoms with van der Waals surface area (Å²) in [5.74, 6) is -2.41. The summed E-state index contributed by atoms with van der Waals surface area (Å²) in [5, 5.41) is 2.99. The molecule has 2 N–H and O–H groups in total. The summed E-state index contributed by atoms with van der Waals surface area (Å²) in [7, 11) is -3.86. The molecule has 2 aromatic rings. The Labute approximate surface area is 168 Å². The van der Waals surface area contributed by atoms with E-state index in [0.29, 0.717) is 5.56 Å². The molecule has 0 radical (unpaired) electrons. The monoisotopic (exact) mass is 416 g/mol. The predicted octanol–water partition coefficient (Wildman–Crippen LogP) is 1.38. The molecule has 9 heteroatoms. The number of hydrogen-bond donors (Lipinski definition) is 2. The summed E-state index contributed by atoms with van der Waals surface area (Å²) in [4.78, 5) is 35.1. The quantitative estimate of drug-likeness (QED) is 0.628. The van der Waals surface area contributed by atoms with Crippen molar-refractivity contribution in [3.8, 4) is 0 Å². The summed E-state index contributed by atoms with van der Waals surface area (Å²) in [6.07, 6.45) is 1.38. The fourth-order valence-electron chi connectivity index (χ4n) is 2.07. The van der Waals surface area contributed by atoms with Gasteiger partial charge in [0.05, 0.1) is 0 Å². The van der Waals surface area contributed by atoms with Crippen LogP contribution in [0.15, 0.2) is 60.0 Å². The number of rotatable bonds is 8. The van der Waals surface area contributed by atoms with Crippen molar-refractivity contribution >= 4 is 33.9 Å². The van der Waals surface area contributed by atoms with Gasteiger partial charge in [-0.2, -0.15) is 0 Å². The number of ether oxygens (including phenoxy) is 1. The van der Waals surface area contributed by atoms with Gasteiger partial charge in [0.2, 0.25) is 10.0 Å². The number of imide groups is 1. The molecular weight excluding hydrogens is 396 g/mol. The smallest absolute Gasteiger partial charge is 0.321 e. The van der Waals surface area contributed by atoms with Crippen LogP contribution in [0.1, 0.15) is 21.5 Å². The molecule has 0 aliphatic rings. The molecular formula is C20H20N2O6S. The highest BCUT2D eigenvalue weighted by Crippen LogP contribution is 2.06. The molecule has 0 heterocycles. The third kappa shape index (κ3) is 8.08. The minimum Gasteiger partial charge on any atom is -0.455 e. The van der Waals surface area contributed by atoms with Gasteiger partial charge in [-0.05, 0) is 30.7 Å². The second-order valence-corrected chi connectivity index (χ2v) is 7.63. The predicted molar refractivity (Wildman–Crippen MR) is 107 cm³/mol. The third-order valence-electron chi connectivity index (χ3n) is 3.59. The molecule has 0 fully saturated rings. The highest BCUT2D eigenvalue weighted by atomic mass is 32.2. The first kappa shape index (κ1) is 22.0. The number of carbonyl (C=O) groups excluding carboxylic acids is 3. The van der Waals surface area contributed by atoms with Crippen LogP contribution in [0.3, 0.4) is 0 Å². The van der Waals surface area contributed by atoms with Crippen LogP contribution in [0, 0.1) is 6.92 Å². The van der Waals surface area contributed by atoms with Crippen LogP contribution in [0.4, 0.5) is 0 Å². The SMILES string of the molecule is Cc1ccc(/C=C/S(=O)(=O)NCC(=O)OCC(=O)NC(=O)c2ccccc2)cc1. The average molecular weight is 416 g/mol. The van der Waals surface area contributed by atoms with E-state index in [4.69, 9.17) is 0 Å². The van der Waals surface area contributed by atoms with E-state index in [9.17, 15) is 22.8 Å². The van der Waals surface area contributed by atoms with E-state index >= 15 is 0 Å². The highest BCUT2D eigenvalue weighted by Gasteiger charge is 2.14. The Hall–Kier alpha value is -3.30. The molecule has 2 rings (SSSR count). The van der Waals surface area contributed by atoms with Gasteiger partial charge in [-0.3, -0.25) is 19.7 Å². The van der Waals surface area contributed by atoms with Crippen molar-refractivity contribution in [2.24, 2.45) is 0 Å². The molecule has 0 bridgehead atoms. The molecule has 2 aromatic carbocycles. The minimum atomic E-state index is -3.86. The maximum absolute atomic E-state index is 11.9. The van der Waals surface area contributed by atoms with E-state index in [-0.39, 0.29) is 5.56 Å². The van der Waals surface area contributed by atoms with Crippen molar-refractivity contribution < 1.29 is 27.5 Å². The van der Waals surface area contributed by atoms with E-state index in [0.717, 1.165) is 11.0 Å². The Morgan fingerprint density at radius 2 is 1.66 bits per heavy atom. The molecule has 0 spiro atoms. The van der Waals surface area contributed by atoms with Gasteiger partial charge in [0, 0.05) is 11.0 Å². The van der Waals surface area contributed by atoms with Crippen LogP contribution in [0.5, 0.6) is 0 Å². The molecule has 0 unspecified atom stereocenters. The van der Waals surface area contributed by atoms with E-state index < -0.39 is 41.0 Å². The van der Waals surface area contributed by atoms with Gasteiger partial charge in [0.25, 0.3) is 11.8 Å². The second kappa shape index (κ2) is 10.3. The number of nitrogens with one attached hydrogen (secondary N) is 2. The van der Waals surface area contributed by atoms with Crippen LogP contribution in [-0.2, 0) is 24.3 Å². The first-order valence-corrected chi connectivity index (χ1v) is 10.1. The van der Waals surface area contributed by atoms with E-state index in [1.807, 2.05) is 23.8 Å². The first-order valence-electron chi connectivity index (χ1n) is 8.54. The zero-order valence-electron chi connectivity index (χ0n) is 15.6. The van der Waals surface area contributed by atoms with E-state index in [1.165, 1.54) is 18.2 Å². The maximum Gasteiger partial charge on any atom is 0.321 e. The standard InChI is InChI=1S/C20H20N2O6S/c1-15-7-9-16(10-8-15)11-12-29(26,27)21-13-19(24)28-14-18(23)22-20(25)17-5-3-2-4-6-17/h2-12,21H,13-14H2,1H3,(H,22,23,25)/b12-11+. The molecule has 0 saturated heterocycles. The van der Waals surface area contributed by atoms with Crippen molar-refractivity contribution in [2.45, 2.75) is 6.92 Å². The van der Waals surface area contributed by atoms with Gasteiger partial charge in [0.1, 0.15) is 6.54 Å². The van der Waals surface area contributed by atoms with Crippen LogP contribution in [0.25, 0.3) is 6.08 Å². The molecule has 2 amide bonds. The lowest BCUT2D eigenvalue weighted by Gasteiger charge is -2.06. The third-order valence-corrected chi connectivity index (χ3v) is 4.63. The van der Waals surface area contributed by atoms with Gasteiger partial charge >= 0.3 is 5.97 Å². The molecule has 8 nitrogen and oxygen atoms in total. The molecule has 152 valence electrons. The Morgan fingerprint density at radius 1 is 1.00 bits per heavy atom. The van der Waals surface area contributed by atoms with Gasteiger partial charge in [0.15, 0.2) is 6.61 Å². The Bertz CT molecular complexity index is 999. The largest absolute Gasteiger partial charge is 0.455 e. The normalized spacial score (nSPS) is 11.2. The number of carbonyl (C=O) groups is 3. The lowest BCUT2D eigenvalue weighted by Crippen LogP contribution is -2.36. The van der Waals surface area contributed by atoms with E-state index in [2.05, 4.69) is 10.1 Å². The second-order valence-electron chi connectivity index (χ2n) is 5.98. The van der Waals surface area contributed by atoms with Crippen LogP contribution in [0.2, 0.25) is 0 Å². The number of benzene rings is 2. The van der Waals surface area contributed by atoms with Crippen LogP contribution >= 0.6 is 0 Å². The number of amides is 2. The lowest BCUT2D eigenvalue weighted by atomic mass is 10.2. The topological polar surface area (TPSA) is 119 Å². The number of esters is 1. The summed E-state index contributed by atoms with van der Waals surface area (Å²) in [6.45, 7) is 0.550. The Balaban J connectivity index is 1.75. The molecule has 0 aliphatic carbocycles. The summed E-state index contributed by atoms with van der Waals surface area (Å²) < 4.78 is 30.5. The Kier molecular flexibility index (Phi) is 7.81. The zero-order chi connectivity index (χ0) is 21.3.